The summed E-state index contributed by atoms with van der Waals surface area (Å²) in [5.41, 5.74) is 6.46. The predicted octanol–water partition coefficient (Wildman–Crippen LogP) is 2.81. The number of ether oxygens (including phenoxy) is 1. The molecule has 7 heteroatoms. The molecule has 25 heavy (non-hydrogen) atoms. The first-order chi connectivity index (χ1) is 11.2. The number of amides is 1. The topological polar surface area (TPSA) is 58.8 Å². The second kappa shape index (κ2) is 12.4. The van der Waals surface area contributed by atoms with Crippen LogP contribution in [0, 0.1) is 0 Å². The van der Waals surface area contributed by atoms with E-state index >= 15 is 0 Å². The predicted molar refractivity (Wildman–Crippen MR) is 107 cm³/mol. The summed E-state index contributed by atoms with van der Waals surface area (Å²) in [5.74, 6) is 0.887. The van der Waals surface area contributed by atoms with E-state index in [1.54, 1.807) is 0 Å². The van der Waals surface area contributed by atoms with E-state index < -0.39 is 0 Å². The van der Waals surface area contributed by atoms with Crippen LogP contribution in [-0.2, 0) is 0 Å². The molecule has 1 unspecified atom stereocenters. The number of halogens is 2. The fourth-order valence-corrected chi connectivity index (χ4v) is 3.04. The van der Waals surface area contributed by atoms with Crippen molar-refractivity contribution in [1.29, 1.82) is 0 Å². The molecule has 0 radical (unpaired) electrons. The van der Waals surface area contributed by atoms with Crippen molar-refractivity contribution < 1.29 is 9.53 Å². The van der Waals surface area contributed by atoms with Gasteiger partial charge in [0.05, 0.1) is 0 Å². The number of carbonyl (C=O) groups is 1. The first-order valence-corrected chi connectivity index (χ1v) is 8.65. The molecule has 1 heterocycles. The minimum atomic E-state index is 0. The summed E-state index contributed by atoms with van der Waals surface area (Å²) in [6.45, 7) is 9.29. The Hall–Kier alpha value is -1.01. The number of benzene rings is 1. The van der Waals surface area contributed by atoms with Gasteiger partial charge in [0.1, 0.15) is 12.4 Å². The first kappa shape index (κ1) is 24.0. The molecule has 0 aromatic heterocycles. The summed E-state index contributed by atoms with van der Waals surface area (Å²) in [6.07, 6.45) is 2.05. The number of nitrogens with two attached hydrogens (primary N) is 1. The van der Waals surface area contributed by atoms with E-state index in [-0.39, 0.29) is 36.8 Å². The van der Waals surface area contributed by atoms with Crippen LogP contribution in [0.5, 0.6) is 5.75 Å². The van der Waals surface area contributed by atoms with Gasteiger partial charge in [0.25, 0.3) is 5.91 Å². The van der Waals surface area contributed by atoms with Crippen molar-refractivity contribution in [1.82, 2.24) is 9.80 Å². The van der Waals surface area contributed by atoms with Gasteiger partial charge in [-0.25, -0.2) is 0 Å². The van der Waals surface area contributed by atoms with E-state index in [1.165, 1.54) is 0 Å². The van der Waals surface area contributed by atoms with Crippen LogP contribution in [0.2, 0.25) is 0 Å². The van der Waals surface area contributed by atoms with Crippen LogP contribution in [0.15, 0.2) is 24.3 Å². The average molecular weight is 392 g/mol. The molecule has 1 aromatic rings. The second-order valence-electron chi connectivity index (χ2n) is 5.93. The molecule has 1 saturated heterocycles. The van der Waals surface area contributed by atoms with E-state index in [2.05, 4.69) is 18.7 Å². The lowest BCUT2D eigenvalue weighted by molar-refractivity contribution is 0.0741. The zero-order valence-electron chi connectivity index (χ0n) is 15.1. The quantitative estimate of drug-likeness (QED) is 0.739. The molecule has 2 N–H and O–H groups in total. The van der Waals surface area contributed by atoms with Crippen molar-refractivity contribution in [3.8, 4) is 5.75 Å². The number of likely N-dealkylation sites (N-methyl/N-ethyl adjacent to an activating group) is 1. The van der Waals surface area contributed by atoms with E-state index in [0.29, 0.717) is 18.7 Å². The number of hydrogen-bond donors (Lipinski definition) is 1. The van der Waals surface area contributed by atoms with Crippen molar-refractivity contribution in [3.63, 3.8) is 0 Å². The molecule has 0 aliphatic carbocycles. The van der Waals surface area contributed by atoms with E-state index in [9.17, 15) is 4.79 Å². The normalized spacial score (nSPS) is 16.3. The van der Waals surface area contributed by atoms with Gasteiger partial charge in [-0.15, -0.1) is 24.8 Å². The fraction of sp³-hybridized carbons (Fsp3) is 0.611. The number of carbonyl (C=O) groups excluding carboxylic acids is 1. The van der Waals surface area contributed by atoms with E-state index in [1.807, 2.05) is 29.2 Å². The van der Waals surface area contributed by atoms with Crippen molar-refractivity contribution in [3.05, 3.63) is 29.8 Å². The van der Waals surface area contributed by atoms with Crippen LogP contribution in [0.4, 0.5) is 0 Å². The van der Waals surface area contributed by atoms with Crippen molar-refractivity contribution in [2.45, 2.75) is 32.7 Å². The highest BCUT2D eigenvalue weighted by atomic mass is 35.5. The summed E-state index contributed by atoms with van der Waals surface area (Å²) >= 11 is 0. The fourth-order valence-electron chi connectivity index (χ4n) is 3.04. The highest BCUT2D eigenvalue weighted by Crippen LogP contribution is 2.20. The third-order valence-corrected chi connectivity index (χ3v) is 4.58. The van der Waals surface area contributed by atoms with Crippen molar-refractivity contribution >= 4 is 30.7 Å². The molecule has 0 spiro atoms. The maximum absolute atomic E-state index is 12.5. The third kappa shape index (κ3) is 6.66. The molecule has 5 nitrogen and oxygen atoms in total. The summed E-state index contributed by atoms with van der Waals surface area (Å²) in [7, 11) is 0. The van der Waals surface area contributed by atoms with Crippen LogP contribution in [0.25, 0.3) is 0 Å². The van der Waals surface area contributed by atoms with Crippen LogP contribution < -0.4 is 10.5 Å². The van der Waals surface area contributed by atoms with Gasteiger partial charge in [-0.2, -0.15) is 0 Å². The zero-order valence-corrected chi connectivity index (χ0v) is 16.8. The Morgan fingerprint density at radius 2 is 1.88 bits per heavy atom. The second-order valence-corrected chi connectivity index (χ2v) is 5.93. The summed E-state index contributed by atoms with van der Waals surface area (Å²) in [5, 5.41) is 0. The SMILES string of the molecule is CCN(CC)CCOc1ccc(C(=O)N2CCCC2CN)cc1.Cl.Cl. The maximum atomic E-state index is 12.5. The Balaban J connectivity index is 0.00000288. The first-order valence-electron chi connectivity index (χ1n) is 8.65. The highest BCUT2D eigenvalue weighted by Gasteiger charge is 2.28. The summed E-state index contributed by atoms with van der Waals surface area (Å²) in [6, 6.07) is 7.64. The molecule has 1 amide bonds. The van der Waals surface area contributed by atoms with E-state index in [0.717, 1.165) is 44.8 Å². The monoisotopic (exact) mass is 391 g/mol. The number of hydrogen-bond acceptors (Lipinski definition) is 4. The standard InChI is InChI=1S/C18H29N3O2.2ClH/c1-3-20(4-2)12-13-23-17-9-7-15(8-10-17)18(22)21-11-5-6-16(21)14-19;;/h7-10,16H,3-6,11-14,19H2,1-2H3;2*1H. The van der Waals surface area contributed by atoms with Gasteiger partial charge in [0.15, 0.2) is 0 Å². The number of likely N-dealkylation sites (tertiary alicyclic amines) is 1. The van der Waals surface area contributed by atoms with Crippen molar-refractivity contribution in [2.24, 2.45) is 5.73 Å². The molecular weight excluding hydrogens is 361 g/mol. The van der Waals surface area contributed by atoms with Crippen LogP contribution in [0.1, 0.15) is 37.0 Å². The molecule has 0 bridgehead atoms. The van der Waals surface area contributed by atoms with Gasteiger partial charge in [0.2, 0.25) is 0 Å². The highest BCUT2D eigenvalue weighted by molar-refractivity contribution is 5.94. The molecule has 1 aliphatic heterocycles. The minimum Gasteiger partial charge on any atom is -0.492 e. The van der Waals surface area contributed by atoms with Gasteiger partial charge in [-0.05, 0) is 50.2 Å². The molecular formula is C18H31Cl2N3O2. The van der Waals surface area contributed by atoms with Crippen LogP contribution in [0.3, 0.4) is 0 Å². The zero-order chi connectivity index (χ0) is 16.7. The Morgan fingerprint density at radius 1 is 1.24 bits per heavy atom. The largest absolute Gasteiger partial charge is 0.492 e. The van der Waals surface area contributed by atoms with Crippen LogP contribution in [-0.4, -0.2) is 61.1 Å². The summed E-state index contributed by atoms with van der Waals surface area (Å²) in [4.78, 5) is 16.7. The molecule has 1 fully saturated rings. The Bertz CT molecular complexity index is 496. The number of nitrogens with zero attached hydrogens (tertiary/aromatic N) is 2. The molecule has 0 saturated carbocycles. The van der Waals surface area contributed by atoms with Gasteiger partial charge in [-0.3, -0.25) is 4.79 Å². The molecule has 1 atom stereocenters. The number of rotatable bonds is 8. The molecule has 1 aromatic carbocycles. The lowest BCUT2D eigenvalue weighted by Gasteiger charge is -2.23. The average Bonchev–Trinajstić information content (AvgIpc) is 3.07. The Labute approximate surface area is 163 Å². The summed E-state index contributed by atoms with van der Waals surface area (Å²) < 4.78 is 5.76. The third-order valence-electron chi connectivity index (χ3n) is 4.58. The lowest BCUT2D eigenvalue weighted by atomic mass is 10.1. The van der Waals surface area contributed by atoms with Gasteiger partial charge < -0.3 is 20.3 Å². The van der Waals surface area contributed by atoms with Gasteiger partial charge in [-0.1, -0.05) is 13.8 Å². The smallest absolute Gasteiger partial charge is 0.254 e. The lowest BCUT2D eigenvalue weighted by Crippen LogP contribution is -2.39. The van der Waals surface area contributed by atoms with Gasteiger partial charge >= 0.3 is 0 Å². The minimum absolute atomic E-state index is 0. The molecule has 2 rings (SSSR count). The van der Waals surface area contributed by atoms with Crippen molar-refractivity contribution in [2.75, 3.05) is 39.3 Å². The molecule has 144 valence electrons. The maximum Gasteiger partial charge on any atom is 0.254 e. The van der Waals surface area contributed by atoms with E-state index in [4.69, 9.17) is 10.5 Å². The van der Waals surface area contributed by atoms with Gasteiger partial charge in [0, 0.05) is 31.2 Å². The Morgan fingerprint density at radius 3 is 2.44 bits per heavy atom. The molecule has 1 aliphatic rings. The van der Waals surface area contributed by atoms with Crippen LogP contribution >= 0.6 is 24.8 Å². The Kier molecular flexibility index (Phi) is 11.9.